The van der Waals surface area contributed by atoms with Gasteiger partial charge >= 0.3 is 5.97 Å². The Morgan fingerprint density at radius 3 is 2.81 bits per heavy atom. The summed E-state index contributed by atoms with van der Waals surface area (Å²) in [5.74, 6) is -1.16. The van der Waals surface area contributed by atoms with E-state index >= 15 is 0 Å². The first kappa shape index (κ1) is 14.8. The van der Waals surface area contributed by atoms with E-state index in [1.165, 1.54) is 17.1 Å². The number of amides is 1. The highest BCUT2D eigenvalue weighted by atomic mass is 16.4. The van der Waals surface area contributed by atoms with Crippen molar-refractivity contribution < 1.29 is 14.7 Å². The highest BCUT2D eigenvalue weighted by Crippen LogP contribution is 1.99. The van der Waals surface area contributed by atoms with Crippen LogP contribution in [-0.4, -0.2) is 36.5 Å². The zero-order valence-electron chi connectivity index (χ0n) is 11.7. The standard InChI is InChI=1S/C13H17N5O3/c1-2-17-5-3-11(16-17)8-14-12(19)4-6-18-9-10(7-15-18)13(20)21/h3,5,7,9H,2,4,6,8H2,1H3,(H,14,19)(H,20,21). The van der Waals surface area contributed by atoms with Gasteiger partial charge in [-0.15, -0.1) is 0 Å². The lowest BCUT2D eigenvalue weighted by atomic mass is 10.3. The second kappa shape index (κ2) is 6.69. The minimum atomic E-state index is -1.03. The molecule has 0 saturated heterocycles. The van der Waals surface area contributed by atoms with E-state index in [9.17, 15) is 9.59 Å². The molecule has 0 spiro atoms. The van der Waals surface area contributed by atoms with Gasteiger partial charge in [-0.25, -0.2) is 4.79 Å². The third-order valence-corrected chi connectivity index (χ3v) is 2.93. The molecule has 8 heteroatoms. The quantitative estimate of drug-likeness (QED) is 0.773. The number of rotatable bonds is 7. The van der Waals surface area contributed by atoms with E-state index in [1.54, 1.807) is 4.68 Å². The fourth-order valence-electron chi connectivity index (χ4n) is 1.76. The number of aromatic carboxylic acids is 1. The normalized spacial score (nSPS) is 10.5. The molecule has 2 aromatic rings. The number of carbonyl (C=O) groups is 2. The summed E-state index contributed by atoms with van der Waals surface area (Å²) >= 11 is 0. The topological polar surface area (TPSA) is 102 Å². The van der Waals surface area contributed by atoms with Crippen molar-refractivity contribution in [2.24, 2.45) is 0 Å². The number of aryl methyl sites for hydroxylation is 2. The van der Waals surface area contributed by atoms with Gasteiger partial charge in [0.1, 0.15) is 0 Å². The first-order valence-electron chi connectivity index (χ1n) is 6.63. The van der Waals surface area contributed by atoms with Crippen molar-refractivity contribution in [3.8, 4) is 0 Å². The summed E-state index contributed by atoms with van der Waals surface area (Å²) in [5.41, 5.74) is 0.915. The van der Waals surface area contributed by atoms with Crippen LogP contribution in [0.5, 0.6) is 0 Å². The van der Waals surface area contributed by atoms with E-state index in [0.717, 1.165) is 12.2 Å². The summed E-state index contributed by atoms with van der Waals surface area (Å²) in [4.78, 5) is 22.4. The fourth-order valence-corrected chi connectivity index (χ4v) is 1.76. The van der Waals surface area contributed by atoms with Crippen LogP contribution in [0.3, 0.4) is 0 Å². The number of aromatic nitrogens is 4. The summed E-state index contributed by atoms with van der Waals surface area (Å²) in [6.07, 6.45) is 4.75. The largest absolute Gasteiger partial charge is 0.478 e. The van der Waals surface area contributed by atoms with Crippen LogP contribution in [0.15, 0.2) is 24.7 Å². The molecule has 1 amide bonds. The van der Waals surface area contributed by atoms with Gasteiger partial charge in [0.15, 0.2) is 0 Å². The van der Waals surface area contributed by atoms with Crippen LogP contribution in [-0.2, 0) is 24.4 Å². The maximum Gasteiger partial charge on any atom is 0.338 e. The molecule has 2 aromatic heterocycles. The van der Waals surface area contributed by atoms with Gasteiger partial charge in [-0.3, -0.25) is 14.2 Å². The molecular weight excluding hydrogens is 274 g/mol. The van der Waals surface area contributed by atoms with Crippen LogP contribution in [0.2, 0.25) is 0 Å². The predicted molar refractivity (Wildman–Crippen MR) is 73.6 cm³/mol. The zero-order chi connectivity index (χ0) is 15.2. The third-order valence-electron chi connectivity index (χ3n) is 2.93. The molecule has 8 nitrogen and oxygen atoms in total. The molecular formula is C13H17N5O3. The molecule has 0 aliphatic carbocycles. The molecule has 0 aliphatic rings. The summed E-state index contributed by atoms with van der Waals surface area (Å²) < 4.78 is 3.23. The molecule has 0 atom stereocenters. The first-order chi connectivity index (χ1) is 10.1. The van der Waals surface area contributed by atoms with E-state index in [-0.39, 0.29) is 17.9 Å². The molecule has 2 N–H and O–H groups in total. The van der Waals surface area contributed by atoms with Gasteiger partial charge < -0.3 is 10.4 Å². The van der Waals surface area contributed by atoms with Crippen molar-refractivity contribution in [1.82, 2.24) is 24.9 Å². The molecule has 0 aromatic carbocycles. The van der Waals surface area contributed by atoms with Crippen LogP contribution in [0, 0.1) is 0 Å². The van der Waals surface area contributed by atoms with Crippen molar-refractivity contribution in [1.29, 1.82) is 0 Å². The van der Waals surface area contributed by atoms with Crippen molar-refractivity contribution >= 4 is 11.9 Å². The fraction of sp³-hybridized carbons (Fsp3) is 0.385. The van der Waals surface area contributed by atoms with Crippen LogP contribution < -0.4 is 5.32 Å². The Kier molecular flexibility index (Phi) is 4.70. The highest BCUT2D eigenvalue weighted by Gasteiger charge is 2.08. The SMILES string of the molecule is CCn1ccc(CNC(=O)CCn2cc(C(=O)O)cn2)n1. The first-order valence-corrected chi connectivity index (χ1v) is 6.63. The monoisotopic (exact) mass is 291 g/mol. The Balaban J connectivity index is 1.75. The molecule has 0 fully saturated rings. The van der Waals surface area contributed by atoms with Crippen LogP contribution >= 0.6 is 0 Å². The van der Waals surface area contributed by atoms with Crippen LogP contribution in [0.25, 0.3) is 0 Å². The van der Waals surface area contributed by atoms with Crippen molar-refractivity contribution in [3.05, 3.63) is 35.9 Å². The third kappa shape index (κ3) is 4.16. The van der Waals surface area contributed by atoms with E-state index in [4.69, 9.17) is 5.11 Å². The number of carbonyl (C=O) groups excluding carboxylic acids is 1. The summed E-state index contributed by atoms with van der Waals surface area (Å²) in [6, 6.07) is 1.86. The number of nitrogens with one attached hydrogen (secondary N) is 1. The zero-order valence-corrected chi connectivity index (χ0v) is 11.7. The van der Waals surface area contributed by atoms with E-state index in [1.807, 2.05) is 19.2 Å². The van der Waals surface area contributed by atoms with Crippen molar-refractivity contribution in [2.45, 2.75) is 33.0 Å². The minimum Gasteiger partial charge on any atom is -0.478 e. The lowest BCUT2D eigenvalue weighted by molar-refractivity contribution is -0.121. The molecule has 0 bridgehead atoms. The molecule has 21 heavy (non-hydrogen) atoms. The molecule has 112 valence electrons. The van der Waals surface area contributed by atoms with Crippen LogP contribution in [0.1, 0.15) is 29.4 Å². The van der Waals surface area contributed by atoms with Gasteiger partial charge in [-0.1, -0.05) is 0 Å². The lowest BCUT2D eigenvalue weighted by Crippen LogP contribution is -2.24. The van der Waals surface area contributed by atoms with Gasteiger partial charge in [-0.05, 0) is 13.0 Å². The predicted octanol–water partition coefficient (Wildman–Crippen LogP) is 0.504. The summed E-state index contributed by atoms with van der Waals surface area (Å²) in [7, 11) is 0. The second-order valence-electron chi connectivity index (χ2n) is 4.49. The van der Waals surface area contributed by atoms with Gasteiger partial charge in [-0.2, -0.15) is 10.2 Å². The summed E-state index contributed by atoms with van der Waals surface area (Å²) in [5, 5.41) is 19.7. The van der Waals surface area contributed by atoms with E-state index < -0.39 is 5.97 Å². The maximum atomic E-state index is 11.7. The summed E-state index contributed by atoms with van der Waals surface area (Å²) in [6.45, 7) is 3.50. The Hall–Kier alpha value is -2.64. The number of carboxylic acid groups (broad SMARTS) is 1. The Morgan fingerprint density at radius 1 is 1.38 bits per heavy atom. The average molecular weight is 291 g/mol. The Labute approximate surface area is 121 Å². The van der Waals surface area contributed by atoms with E-state index in [2.05, 4.69) is 15.5 Å². The molecule has 2 rings (SSSR count). The second-order valence-corrected chi connectivity index (χ2v) is 4.49. The molecule has 0 saturated carbocycles. The lowest BCUT2D eigenvalue weighted by Gasteiger charge is -2.03. The Bertz CT molecular complexity index is 631. The van der Waals surface area contributed by atoms with Gasteiger partial charge in [0, 0.05) is 31.9 Å². The molecule has 2 heterocycles. The Morgan fingerprint density at radius 2 is 2.19 bits per heavy atom. The average Bonchev–Trinajstić information content (AvgIpc) is 3.11. The number of hydrogen-bond donors (Lipinski definition) is 2. The van der Waals surface area contributed by atoms with Gasteiger partial charge in [0.05, 0.1) is 24.0 Å². The smallest absolute Gasteiger partial charge is 0.338 e. The number of carboxylic acids is 1. The highest BCUT2D eigenvalue weighted by molar-refractivity contribution is 5.86. The molecule has 0 aliphatic heterocycles. The van der Waals surface area contributed by atoms with Crippen LogP contribution in [0.4, 0.5) is 0 Å². The van der Waals surface area contributed by atoms with Gasteiger partial charge in [0.2, 0.25) is 5.91 Å². The van der Waals surface area contributed by atoms with Crippen molar-refractivity contribution in [3.63, 3.8) is 0 Å². The van der Waals surface area contributed by atoms with Crippen molar-refractivity contribution in [2.75, 3.05) is 0 Å². The number of nitrogens with zero attached hydrogens (tertiary/aromatic N) is 4. The van der Waals surface area contributed by atoms with Gasteiger partial charge in [0.25, 0.3) is 0 Å². The maximum absolute atomic E-state index is 11.7. The number of hydrogen-bond acceptors (Lipinski definition) is 4. The molecule has 0 radical (unpaired) electrons. The van der Waals surface area contributed by atoms with E-state index in [0.29, 0.717) is 13.1 Å². The molecule has 0 unspecified atom stereocenters. The minimum absolute atomic E-state index is 0.112.